The Labute approximate surface area is 87.9 Å². The summed E-state index contributed by atoms with van der Waals surface area (Å²) in [6, 6.07) is 3.47. The van der Waals surface area contributed by atoms with Crippen LogP contribution in [0.25, 0.3) is 0 Å². The highest BCUT2D eigenvalue weighted by Crippen LogP contribution is 2.36. The molecule has 1 heterocycles. The SMILES string of the molecule is C[C@@H]1C[C@H](CC#N)[C@@H](C)N1C(C)(C)C. The first kappa shape index (κ1) is 11.5. The number of nitriles is 1. The van der Waals surface area contributed by atoms with E-state index in [1.807, 2.05) is 0 Å². The average Bonchev–Trinajstić information content (AvgIpc) is 2.26. The molecule has 1 aliphatic heterocycles. The lowest BCUT2D eigenvalue weighted by Crippen LogP contribution is -2.47. The number of hydrogen-bond acceptors (Lipinski definition) is 2. The third kappa shape index (κ3) is 2.09. The molecule has 0 radical (unpaired) electrons. The first-order chi connectivity index (χ1) is 6.38. The van der Waals surface area contributed by atoms with E-state index in [4.69, 9.17) is 5.26 Å². The fourth-order valence-electron chi connectivity index (χ4n) is 3.02. The zero-order chi connectivity index (χ0) is 10.9. The lowest BCUT2D eigenvalue weighted by atomic mass is 9.96. The molecule has 1 saturated heterocycles. The first-order valence-corrected chi connectivity index (χ1v) is 5.53. The molecule has 1 rings (SSSR count). The molecule has 2 nitrogen and oxygen atoms in total. The molecular weight excluding hydrogens is 172 g/mol. The van der Waals surface area contributed by atoms with Crippen LogP contribution in [0, 0.1) is 17.2 Å². The van der Waals surface area contributed by atoms with E-state index < -0.39 is 0 Å². The Hall–Kier alpha value is -0.550. The van der Waals surface area contributed by atoms with Crippen molar-refractivity contribution < 1.29 is 0 Å². The van der Waals surface area contributed by atoms with Crippen LogP contribution in [0.3, 0.4) is 0 Å². The molecule has 80 valence electrons. The van der Waals surface area contributed by atoms with E-state index in [-0.39, 0.29) is 5.54 Å². The van der Waals surface area contributed by atoms with Gasteiger partial charge in [0.15, 0.2) is 0 Å². The maximum atomic E-state index is 8.75. The Morgan fingerprint density at radius 3 is 2.29 bits per heavy atom. The van der Waals surface area contributed by atoms with E-state index in [9.17, 15) is 0 Å². The summed E-state index contributed by atoms with van der Waals surface area (Å²) in [7, 11) is 0. The molecule has 3 atom stereocenters. The number of likely N-dealkylation sites (tertiary alicyclic amines) is 1. The summed E-state index contributed by atoms with van der Waals surface area (Å²) < 4.78 is 0. The van der Waals surface area contributed by atoms with Gasteiger partial charge in [-0.1, -0.05) is 0 Å². The molecule has 0 aliphatic carbocycles. The predicted molar refractivity (Wildman–Crippen MR) is 58.9 cm³/mol. The van der Waals surface area contributed by atoms with Crippen LogP contribution in [0.5, 0.6) is 0 Å². The minimum atomic E-state index is 0.225. The summed E-state index contributed by atoms with van der Waals surface area (Å²) in [5.41, 5.74) is 0.225. The van der Waals surface area contributed by atoms with Crippen molar-refractivity contribution in [3.8, 4) is 6.07 Å². The number of nitrogens with zero attached hydrogens (tertiary/aromatic N) is 2. The molecule has 14 heavy (non-hydrogen) atoms. The molecule has 0 aromatic carbocycles. The van der Waals surface area contributed by atoms with Crippen molar-refractivity contribution in [2.24, 2.45) is 5.92 Å². The van der Waals surface area contributed by atoms with Crippen molar-refractivity contribution in [2.75, 3.05) is 0 Å². The largest absolute Gasteiger partial charge is 0.293 e. The minimum absolute atomic E-state index is 0.225. The lowest BCUT2D eigenvalue weighted by molar-refractivity contribution is 0.0833. The monoisotopic (exact) mass is 194 g/mol. The number of rotatable bonds is 1. The van der Waals surface area contributed by atoms with Crippen molar-refractivity contribution >= 4 is 0 Å². The van der Waals surface area contributed by atoms with Crippen molar-refractivity contribution in [1.82, 2.24) is 4.90 Å². The van der Waals surface area contributed by atoms with Gasteiger partial charge in [-0.3, -0.25) is 4.90 Å². The maximum Gasteiger partial charge on any atom is 0.0625 e. The Morgan fingerprint density at radius 1 is 1.36 bits per heavy atom. The highest BCUT2D eigenvalue weighted by Gasteiger charge is 2.41. The fourth-order valence-corrected chi connectivity index (χ4v) is 3.02. The summed E-state index contributed by atoms with van der Waals surface area (Å²) >= 11 is 0. The van der Waals surface area contributed by atoms with Crippen molar-refractivity contribution in [2.45, 2.75) is 65.1 Å². The molecule has 0 N–H and O–H groups in total. The van der Waals surface area contributed by atoms with E-state index in [0.29, 0.717) is 24.4 Å². The van der Waals surface area contributed by atoms with Crippen LogP contribution in [0.2, 0.25) is 0 Å². The quantitative estimate of drug-likeness (QED) is 0.642. The Kier molecular flexibility index (Phi) is 3.21. The van der Waals surface area contributed by atoms with E-state index in [1.165, 1.54) is 6.42 Å². The van der Waals surface area contributed by atoms with Crippen LogP contribution < -0.4 is 0 Å². The lowest BCUT2D eigenvalue weighted by Gasteiger charge is -2.39. The van der Waals surface area contributed by atoms with Gasteiger partial charge in [0.2, 0.25) is 0 Å². The van der Waals surface area contributed by atoms with Crippen LogP contribution in [0.4, 0.5) is 0 Å². The molecule has 0 saturated carbocycles. The second kappa shape index (κ2) is 3.90. The van der Waals surface area contributed by atoms with Gasteiger partial charge in [-0.25, -0.2) is 0 Å². The van der Waals surface area contributed by atoms with Gasteiger partial charge >= 0.3 is 0 Å². The van der Waals surface area contributed by atoms with Crippen LogP contribution in [-0.2, 0) is 0 Å². The molecule has 0 aromatic rings. The van der Waals surface area contributed by atoms with Crippen molar-refractivity contribution in [3.05, 3.63) is 0 Å². The topological polar surface area (TPSA) is 27.0 Å². The van der Waals surface area contributed by atoms with E-state index in [0.717, 1.165) is 0 Å². The van der Waals surface area contributed by atoms with Gasteiger partial charge in [0.05, 0.1) is 6.07 Å². The standard InChI is InChI=1S/C12H22N2/c1-9-8-11(6-7-13)10(2)14(9)12(3,4)5/h9-11H,6,8H2,1-5H3/t9-,10-,11+/m1/s1. The Balaban J connectivity index is 2.76. The summed E-state index contributed by atoms with van der Waals surface area (Å²) in [6.07, 6.45) is 1.88. The average molecular weight is 194 g/mol. The molecule has 0 bridgehead atoms. The van der Waals surface area contributed by atoms with Crippen LogP contribution >= 0.6 is 0 Å². The molecular formula is C12H22N2. The van der Waals surface area contributed by atoms with Gasteiger partial charge in [0, 0.05) is 24.0 Å². The Bertz CT molecular complexity index is 234. The molecule has 0 amide bonds. The molecule has 0 spiro atoms. The molecule has 0 unspecified atom stereocenters. The third-order valence-electron chi connectivity index (χ3n) is 3.37. The second-order valence-electron chi connectivity index (χ2n) is 5.53. The van der Waals surface area contributed by atoms with Crippen LogP contribution in [-0.4, -0.2) is 22.5 Å². The highest BCUT2D eigenvalue weighted by molar-refractivity contribution is 4.98. The van der Waals surface area contributed by atoms with E-state index >= 15 is 0 Å². The molecule has 1 fully saturated rings. The van der Waals surface area contributed by atoms with Gasteiger partial charge in [-0.05, 0) is 47.0 Å². The Morgan fingerprint density at radius 2 is 1.93 bits per heavy atom. The zero-order valence-electron chi connectivity index (χ0n) is 10.0. The molecule has 0 aromatic heterocycles. The van der Waals surface area contributed by atoms with Gasteiger partial charge in [-0.15, -0.1) is 0 Å². The van der Waals surface area contributed by atoms with Gasteiger partial charge < -0.3 is 0 Å². The highest BCUT2D eigenvalue weighted by atomic mass is 15.3. The normalized spacial score (nSPS) is 34.4. The van der Waals surface area contributed by atoms with E-state index in [1.54, 1.807) is 0 Å². The molecule has 1 aliphatic rings. The summed E-state index contributed by atoms with van der Waals surface area (Å²) in [5, 5.41) is 8.75. The maximum absolute atomic E-state index is 8.75. The third-order valence-corrected chi connectivity index (χ3v) is 3.37. The summed E-state index contributed by atoms with van der Waals surface area (Å²) in [4.78, 5) is 2.55. The second-order valence-corrected chi connectivity index (χ2v) is 5.53. The van der Waals surface area contributed by atoms with Gasteiger partial charge in [0.25, 0.3) is 0 Å². The predicted octanol–water partition coefficient (Wildman–Crippen LogP) is 2.80. The van der Waals surface area contributed by atoms with Gasteiger partial charge in [0.1, 0.15) is 0 Å². The summed E-state index contributed by atoms with van der Waals surface area (Å²) in [6.45, 7) is 11.3. The van der Waals surface area contributed by atoms with Crippen molar-refractivity contribution in [3.63, 3.8) is 0 Å². The van der Waals surface area contributed by atoms with Gasteiger partial charge in [-0.2, -0.15) is 5.26 Å². The molecule has 2 heteroatoms. The van der Waals surface area contributed by atoms with Crippen LogP contribution in [0.15, 0.2) is 0 Å². The smallest absolute Gasteiger partial charge is 0.0625 e. The summed E-state index contributed by atoms with van der Waals surface area (Å²) in [5.74, 6) is 0.564. The van der Waals surface area contributed by atoms with E-state index in [2.05, 4.69) is 45.6 Å². The minimum Gasteiger partial charge on any atom is -0.293 e. The fraction of sp³-hybridized carbons (Fsp3) is 0.917. The first-order valence-electron chi connectivity index (χ1n) is 5.53. The van der Waals surface area contributed by atoms with Crippen molar-refractivity contribution in [1.29, 1.82) is 5.26 Å². The number of hydrogen-bond donors (Lipinski definition) is 0. The zero-order valence-corrected chi connectivity index (χ0v) is 10.0. The van der Waals surface area contributed by atoms with Crippen LogP contribution in [0.1, 0.15) is 47.5 Å².